The molecule has 0 spiro atoms. The van der Waals surface area contributed by atoms with Crippen molar-refractivity contribution in [3.05, 3.63) is 27.2 Å². The van der Waals surface area contributed by atoms with Crippen LogP contribution in [0.25, 0.3) is 0 Å². The SMILES string of the molecule is CC(C)(C)OC(=O)NCC(=O)Oc1cc(Cl)c(Cl)cc1Cl. The van der Waals surface area contributed by atoms with Crippen molar-refractivity contribution in [2.24, 2.45) is 0 Å². The van der Waals surface area contributed by atoms with E-state index in [2.05, 4.69) is 5.32 Å². The number of carbonyl (C=O) groups is 2. The van der Waals surface area contributed by atoms with Gasteiger partial charge in [0.2, 0.25) is 0 Å². The molecule has 8 heteroatoms. The minimum Gasteiger partial charge on any atom is -0.444 e. The normalized spacial score (nSPS) is 11.0. The first-order chi connectivity index (χ1) is 9.58. The molecule has 0 atom stereocenters. The smallest absolute Gasteiger partial charge is 0.408 e. The summed E-state index contributed by atoms with van der Waals surface area (Å²) in [6.07, 6.45) is -0.723. The lowest BCUT2D eigenvalue weighted by Gasteiger charge is -2.19. The molecule has 1 aromatic rings. The number of ether oxygens (including phenoxy) is 2. The second kappa shape index (κ2) is 7.20. The highest BCUT2D eigenvalue weighted by Gasteiger charge is 2.17. The van der Waals surface area contributed by atoms with Gasteiger partial charge < -0.3 is 14.8 Å². The van der Waals surface area contributed by atoms with E-state index in [1.54, 1.807) is 20.8 Å². The third-order valence-electron chi connectivity index (χ3n) is 1.97. The highest BCUT2D eigenvalue weighted by molar-refractivity contribution is 6.43. The molecule has 0 bridgehead atoms. The fourth-order valence-electron chi connectivity index (χ4n) is 1.20. The highest BCUT2D eigenvalue weighted by Crippen LogP contribution is 2.33. The van der Waals surface area contributed by atoms with Crippen LogP contribution in [0.5, 0.6) is 5.75 Å². The van der Waals surface area contributed by atoms with E-state index in [1.807, 2.05) is 0 Å². The third kappa shape index (κ3) is 6.42. The van der Waals surface area contributed by atoms with Crippen molar-refractivity contribution in [3.63, 3.8) is 0 Å². The van der Waals surface area contributed by atoms with Gasteiger partial charge in [-0.05, 0) is 26.8 Å². The van der Waals surface area contributed by atoms with Gasteiger partial charge >= 0.3 is 12.1 Å². The lowest BCUT2D eigenvalue weighted by Crippen LogP contribution is -2.36. The van der Waals surface area contributed by atoms with Crippen LogP contribution < -0.4 is 10.1 Å². The molecule has 0 radical (unpaired) electrons. The second-order valence-corrected chi connectivity index (χ2v) is 6.25. The van der Waals surface area contributed by atoms with E-state index in [0.29, 0.717) is 0 Å². The van der Waals surface area contributed by atoms with E-state index in [9.17, 15) is 9.59 Å². The van der Waals surface area contributed by atoms with Crippen LogP contribution in [0.2, 0.25) is 15.1 Å². The standard InChI is InChI=1S/C13H14Cl3NO4/c1-13(2,3)21-12(19)17-6-11(18)20-10-5-8(15)7(14)4-9(10)16/h4-5H,6H2,1-3H3,(H,17,19). The molecule has 0 unspecified atom stereocenters. The molecule has 0 aliphatic rings. The third-order valence-corrected chi connectivity index (χ3v) is 2.99. The van der Waals surface area contributed by atoms with Gasteiger partial charge in [0.15, 0.2) is 5.75 Å². The largest absolute Gasteiger partial charge is 0.444 e. The van der Waals surface area contributed by atoms with E-state index in [-0.39, 0.29) is 27.4 Å². The molecular formula is C13H14Cl3NO4. The Morgan fingerprint density at radius 2 is 1.67 bits per heavy atom. The number of benzene rings is 1. The quantitative estimate of drug-likeness (QED) is 0.505. The second-order valence-electron chi connectivity index (χ2n) is 5.03. The van der Waals surface area contributed by atoms with Crippen LogP contribution in [0.4, 0.5) is 4.79 Å². The molecule has 0 saturated heterocycles. The van der Waals surface area contributed by atoms with E-state index in [4.69, 9.17) is 44.3 Å². The molecule has 5 nitrogen and oxygen atoms in total. The number of amides is 1. The number of halogens is 3. The molecule has 0 fully saturated rings. The van der Waals surface area contributed by atoms with Crippen molar-refractivity contribution < 1.29 is 19.1 Å². The summed E-state index contributed by atoms with van der Waals surface area (Å²) in [7, 11) is 0. The molecule has 1 rings (SSSR count). The zero-order chi connectivity index (χ0) is 16.2. The monoisotopic (exact) mass is 353 g/mol. The van der Waals surface area contributed by atoms with E-state index in [1.165, 1.54) is 12.1 Å². The van der Waals surface area contributed by atoms with Crippen molar-refractivity contribution in [2.45, 2.75) is 26.4 Å². The summed E-state index contributed by atoms with van der Waals surface area (Å²) in [5, 5.41) is 2.84. The zero-order valence-electron chi connectivity index (χ0n) is 11.6. The molecule has 116 valence electrons. The Bertz CT molecular complexity index is 555. The summed E-state index contributed by atoms with van der Waals surface area (Å²) in [6, 6.07) is 2.67. The average Bonchev–Trinajstić information content (AvgIpc) is 2.31. The summed E-state index contributed by atoms with van der Waals surface area (Å²) in [4.78, 5) is 23.0. The summed E-state index contributed by atoms with van der Waals surface area (Å²) in [5.41, 5.74) is -0.652. The van der Waals surface area contributed by atoms with Crippen molar-refractivity contribution in [3.8, 4) is 5.75 Å². The number of hydrogen-bond acceptors (Lipinski definition) is 4. The van der Waals surface area contributed by atoms with Gasteiger partial charge in [-0.2, -0.15) is 0 Å². The maximum absolute atomic E-state index is 11.6. The first-order valence-electron chi connectivity index (χ1n) is 5.90. The molecule has 0 aliphatic heterocycles. The van der Waals surface area contributed by atoms with Crippen LogP contribution in [-0.2, 0) is 9.53 Å². The summed E-state index contributed by atoms with van der Waals surface area (Å²) < 4.78 is 9.95. The maximum Gasteiger partial charge on any atom is 0.408 e. The molecule has 0 saturated carbocycles. The number of nitrogens with one attached hydrogen (secondary N) is 1. The average molecular weight is 355 g/mol. The van der Waals surface area contributed by atoms with Gasteiger partial charge in [-0.15, -0.1) is 0 Å². The van der Waals surface area contributed by atoms with Crippen LogP contribution in [-0.4, -0.2) is 24.2 Å². The van der Waals surface area contributed by atoms with Crippen molar-refractivity contribution in [2.75, 3.05) is 6.54 Å². The zero-order valence-corrected chi connectivity index (χ0v) is 13.9. The molecular weight excluding hydrogens is 341 g/mol. The lowest BCUT2D eigenvalue weighted by atomic mass is 10.2. The Kier molecular flexibility index (Phi) is 6.13. The minimum absolute atomic E-state index is 0.0575. The van der Waals surface area contributed by atoms with Crippen LogP contribution in [0.3, 0.4) is 0 Å². The fraction of sp³-hybridized carbons (Fsp3) is 0.385. The van der Waals surface area contributed by atoms with Gasteiger partial charge in [-0.25, -0.2) is 9.59 Å². The van der Waals surface area contributed by atoms with Gasteiger partial charge in [0, 0.05) is 6.07 Å². The first kappa shape index (κ1) is 17.9. The van der Waals surface area contributed by atoms with Gasteiger partial charge in [0.25, 0.3) is 0 Å². The highest BCUT2D eigenvalue weighted by atomic mass is 35.5. The summed E-state index contributed by atoms with van der Waals surface area (Å²) >= 11 is 17.4. The molecule has 1 amide bonds. The van der Waals surface area contributed by atoms with Crippen LogP contribution in [0.1, 0.15) is 20.8 Å². The maximum atomic E-state index is 11.6. The Morgan fingerprint density at radius 1 is 1.10 bits per heavy atom. The van der Waals surface area contributed by atoms with Gasteiger partial charge in [-0.1, -0.05) is 34.8 Å². The molecule has 0 aromatic heterocycles. The Labute approximate surface area is 137 Å². The van der Waals surface area contributed by atoms with Crippen molar-refractivity contribution in [1.29, 1.82) is 0 Å². The predicted octanol–water partition coefficient (Wildman–Crippen LogP) is 4.08. The Hall–Kier alpha value is -1.17. The molecule has 0 heterocycles. The summed E-state index contributed by atoms with van der Waals surface area (Å²) in [5.74, 6) is -0.664. The lowest BCUT2D eigenvalue weighted by molar-refractivity contribution is -0.133. The fourth-order valence-corrected chi connectivity index (χ4v) is 1.78. The van der Waals surface area contributed by atoms with Crippen molar-refractivity contribution in [1.82, 2.24) is 5.32 Å². The number of carbonyl (C=O) groups excluding carboxylic acids is 2. The molecule has 0 aliphatic carbocycles. The molecule has 1 aromatic carbocycles. The van der Waals surface area contributed by atoms with E-state index in [0.717, 1.165) is 0 Å². The van der Waals surface area contributed by atoms with Gasteiger partial charge in [-0.3, -0.25) is 0 Å². The van der Waals surface area contributed by atoms with Gasteiger partial charge in [0.05, 0.1) is 15.1 Å². The van der Waals surface area contributed by atoms with Crippen molar-refractivity contribution >= 4 is 46.9 Å². The van der Waals surface area contributed by atoms with Crippen LogP contribution >= 0.6 is 34.8 Å². The topological polar surface area (TPSA) is 64.6 Å². The Balaban J connectivity index is 2.55. The molecule has 1 N–H and O–H groups in total. The number of rotatable bonds is 3. The minimum atomic E-state index is -0.723. The summed E-state index contributed by atoms with van der Waals surface area (Å²) in [6.45, 7) is 4.76. The van der Waals surface area contributed by atoms with Crippen LogP contribution in [0, 0.1) is 0 Å². The van der Waals surface area contributed by atoms with E-state index < -0.39 is 17.7 Å². The Morgan fingerprint density at radius 3 is 2.24 bits per heavy atom. The van der Waals surface area contributed by atoms with E-state index >= 15 is 0 Å². The molecule has 21 heavy (non-hydrogen) atoms. The number of hydrogen-bond donors (Lipinski definition) is 1. The first-order valence-corrected chi connectivity index (χ1v) is 7.04. The number of esters is 1. The predicted molar refractivity (Wildman–Crippen MR) is 81.3 cm³/mol. The van der Waals surface area contributed by atoms with Gasteiger partial charge in [0.1, 0.15) is 12.1 Å². The van der Waals surface area contributed by atoms with Crippen LogP contribution in [0.15, 0.2) is 12.1 Å². The number of alkyl carbamates (subject to hydrolysis) is 1.